The number of nitrogens with two attached hydrogens (primary N) is 1. The van der Waals surface area contributed by atoms with Gasteiger partial charge in [0.15, 0.2) is 0 Å². The van der Waals surface area contributed by atoms with Crippen molar-refractivity contribution in [1.29, 1.82) is 0 Å². The molecule has 1 nitrogen and oxygen atoms in total. The van der Waals surface area contributed by atoms with Crippen molar-refractivity contribution < 1.29 is 0 Å². The van der Waals surface area contributed by atoms with Crippen molar-refractivity contribution in [3.05, 3.63) is 0 Å². The van der Waals surface area contributed by atoms with E-state index >= 15 is 0 Å². The molecule has 0 amide bonds. The maximum atomic E-state index is 5.69. The molecule has 0 aromatic carbocycles. The Morgan fingerprint density at radius 2 is 2.10 bits per heavy atom. The summed E-state index contributed by atoms with van der Waals surface area (Å²) >= 11 is 2.07. The first-order valence-corrected chi connectivity index (χ1v) is 5.08. The van der Waals surface area contributed by atoms with E-state index < -0.39 is 0 Å². The van der Waals surface area contributed by atoms with Crippen LogP contribution in [0.1, 0.15) is 13.8 Å². The van der Waals surface area contributed by atoms with Gasteiger partial charge in [0.05, 0.1) is 0 Å². The normalized spacial score (nSPS) is 39.3. The number of hydrogen-bond donors (Lipinski definition) is 1. The van der Waals surface area contributed by atoms with Gasteiger partial charge in [-0.1, -0.05) is 13.8 Å². The smallest absolute Gasteiger partial charge is 0.000591 e. The molecule has 1 saturated carbocycles. The van der Waals surface area contributed by atoms with Gasteiger partial charge < -0.3 is 5.73 Å². The Hall–Kier alpha value is 0.310. The van der Waals surface area contributed by atoms with Crippen LogP contribution in [0.3, 0.4) is 0 Å². The fourth-order valence-corrected chi connectivity index (χ4v) is 4.27. The van der Waals surface area contributed by atoms with Crippen LogP contribution >= 0.6 is 11.8 Å². The summed E-state index contributed by atoms with van der Waals surface area (Å²) in [6, 6.07) is 0. The second kappa shape index (κ2) is 1.72. The largest absolute Gasteiger partial charge is 0.330 e. The molecule has 2 heteroatoms. The van der Waals surface area contributed by atoms with Crippen LogP contribution in [0.5, 0.6) is 0 Å². The zero-order valence-electron chi connectivity index (χ0n) is 6.68. The molecule has 1 unspecified atom stereocenters. The van der Waals surface area contributed by atoms with Crippen LogP contribution in [-0.2, 0) is 0 Å². The molecule has 10 heavy (non-hydrogen) atoms. The molecule has 1 aliphatic carbocycles. The third-order valence-corrected chi connectivity index (χ3v) is 5.13. The van der Waals surface area contributed by atoms with E-state index in [0.29, 0.717) is 10.8 Å². The first-order valence-electron chi connectivity index (χ1n) is 3.93. The summed E-state index contributed by atoms with van der Waals surface area (Å²) in [6.07, 6.45) is 0. The molecule has 0 radical (unpaired) electrons. The highest BCUT2D eigenvalue weighted by Crippen LogP contribution is 2.74. The van der Waals surface area contributed by atoms with Crippen molar-refractivity contribution in [1.82, 2.24) is 0 Å². The summed E-state index contributed by atoms with van der Waals surface area (Å²) < 4.78 is 0. The van der Waals surface area contributed by atoms with Crippen LogP contribution < -0.4 is 5.73 Å². The van der Waals surface area contributed by atoms with E-state index in [1.165, 1.54) is 11.5 Å². The van der Waals surface area contributed by atoms with Crippen molar-refractivity contribution in [3.8, 4) is 0 Å². The second-order valence-electron chi connectivity index (χ2n) is 4.16. The second-order valence-corrected chi connectivity index (χ2v) is 5.14. The lowest BCUT2D eigenvalue weighted by molar-refractivity contribution is 0.452. The molecule has 0 bridgehead atoms. The molecule has 1 spiro atoms. The van der Waals surface area contributed by atoms with Gasteiger partial charge in [0.2, 0.25) is 0 Å². The highest BCUT2D eigenvalue weighted by atomic mass is 32.2. The van der Waals surface area contributed by atoms with Gasteiger partial charge in [-0.05, 0) is 23.3 Å². The van der Waals surface area contributed by atoms with E-state index in [9.17, 15) is 0 Å². The van der Waals surface area contributed by atoms with Gasteiger partial charge in [-0.3, -0.25) is 0 Å². The molecule has 1 aliphatic heterocycles. The molecule has 1 heterocycles. The summed E-state index contributed by atoms with van der Waals surface area (Å²) in [5.41, 5.74) is 6.92. The van der Waals surface area contributed by atoms with Crippen molar-refractivity contribution >= 4 is 11.8 Å². The summed E-state index contributed by atoms with van der Waals surface area (Å²) in [4.78, 5) is 0. The van der Waals surface area contributed by atoms with Gasteiger partial charge in [0.1, 0.15) is 0 Å². The first-order chi connectivity index (χ1) is 4.65. The summed E-state index contributed by atoms with van der Waals surface area (Å²) in [5.74, 6) is 3.55. The Bertz CT molecular complexity index is 161. The summed E-state index contributed by atoms with van der Waals surface area (Å²) in [6.45, 7) is 5.63. The SMILES string of the molecule is CC1(C)C(CN)C12CSC2. The molecular formula is C8H15NS. The van der Waals surface area contributed by atoms with E-state index in [1.54, 1.807) is 0 Å². The van der Waals surface area contributed by atoms with E-state index in [0.717, 1.165) is 12.5 Å². The Kier molecular flexibility index (Phi) is 1.20. The minimum Gasteiger partial charge on any atom is -0.330 e. The van der Waals surface area contributed by atoms with Crippen LogP contribution in [0.4, 0.5) is 0 Å². The van der Waals surface area contributed by atoms with E-state index in [4.69, 9.17) is 5.73 Å². The third kappa shape index (κ3) is 0.517. The average Bonchev–Trinajstić information content (AvgIpc) is 2.25. The molecule has 1 atom stereocenters. The van der Waals surface area contributed by atoms with Crippen LogP contribution in [-0.4, -0.2) is 18.1 Å². The zero-order chi connectivity index (χ0) is 7.41. The minimum absolute atomic E-state index is 0.562. The monoisotopic (exact) mass is 157 g/mol. The van der Waals surface area contributed by atoms with Crippen LogP contribution in [0.2, 0.25) is 0 Å². The van der Waals surface area contributed by atoms with E-state index in [2.05, 4.69) is 25.6 Å². The molecule has 0 aromatic heterocycles. The molecule has 2 aliphatic rings. The highest BCUT2D eigenvalue weighted by Gasteiger charge is 2.72. The Labute approximate surface area is 66.7 Å². The maximum Gasteiger partial charge on any atom is 0.000591 e. The van der Waals surface area contributed by atoms with E-state index in [-0.39, 0.29) is 0 Å². The Balaban J connectivity index is 2.14. The highest BCUT2D eigenvalue weighted by molar-refractivity contribution is 8.00. The van der Waals surface area contributed by atoms with E-state index in [1.807, 2.05) is 0 Å². The molecule has 2 N–H and O–H groups in total. The van der Waals surface area contributed by atoms with Gasteiger partial charge in [-0.15, -0.1) is 0 Å². The topological polar surface area (TPSA) is 26.0 Å². The summed E-state index contributed by atoms with van der Waals surface area (Å²) in [5, 5.41) is 0. The van der Waals surface area contributed by atoms with Crippen molar-refractivity contribution in [2.45, 2.75) is 13.8 Å². The zero-order valence-corrected chi connectivity index (χ0v) is 7.50. The van der Waals surface area contributed by atoms with Gasteiger partial charge in [-0.25, -0.2) is 0 Å². The standard InChI is InChI=1S/C8H15NS/c1-7(2)6(3-9)8(7)4-10-5-8/h6H,3-5,9H2,1-2H3. The van der Waals surface area contributed by atoms with Crippen LogP contribution in [0, 0.1) is 16.7 Å². The van der Waals surface area contributed by atoms with Crippen molar-refractivity contribution in [2.24, 2.45) is 22.5 Å². The molecule has 2 rings (SSSR count). The predicted octanol–water partition coefficient (Wildman–Crippen LogP) is 1.33. The molecular weight excluding hydrogens is 142 g/mol. The van der Waals surface area contributed by atoms with Crippen molar-refractivity contribution in [3.63, 3.8) is 0 Å². The van der Waals surface area contributed by atoms with Gasteiger partial charge in [0.25, 0.3) is 0 Å². The molecule has 0 aromatic rings. The van der Waals surface area contributed by atoms with Crippen molar-refractivity contribution in [2.75, 3.05) is 18.1 Å². The quantitative estimate of drug-likeness (QED) is 0.621. The average molecular weight is 157 g/mol. The molecule has 1 saturated heterocycles. The summed E-state index contributed by atoms with van der Waals surface area (Å²) in [7, 11) is 0. The lowest BCUT2D eigenvalue weighted by Gasteiger charge is -2.29. The number of hydrogen-bond acceptors (Lipinski definition) is 2. The first kappa shape index (κ1) is 6.99. The van der Waals surface area contributed by atoms with Crippen LogP contribution in [0.15, 0.2) is 0 Å². The Morgan fingerprint density at radius 3 is 2.20 bits per heavy atom. The third-order valence-electron chi connectivity index (χ3n) is 3.69. The minimum atomic E-state index is 0.562. The van der Waals surface area contributed by atoms with Gasteiger partial charge >= 0.3 is 0 Å². The number of thioether (sulfide) groups is 1. The lowest BCUT2D eigenvalue weighted by atomic mass is 10.00. The van der Waals surface area contributed by atoms with Gasteiger partial charge in [0, 0.05) is 11.5 Å². The molecule has 2 fully saturated rings. The lowest BCUT2D eigenvalue weighted by Crippen LogP contribution is -2.27. The van der Waals surface area contributed by atoms with Crippen LogP contribution in [0.25, 0.3) is 0 Å². The number of rotatable bonds is 1. The fraction of sp³-hybridized carbons (Fsp3) is 1.00. The predicted molar refractivity (Wildman–Crippen MR) is 46.1 cm³/mol. The Morgan fingerprint density at radius 1 is 1.50 bits per heavy atom. The fourth-order valence-electron chi connectivity index (χ4n) is 2.48. The molecule has 58 valence electrons. The van der Waals surface area contributed by atoms with Gasteiger partial charge in [-0.2, -0.15) is 11.8 Å². The maximum absolute atomic E-state index is 5.69.